The number of piperazine rings is 1. The number of nitrogens with one attached hydrogen (secondary N) is 2. The monoisotopic (exact) mass is 442 g/mol. The molecule has 2 N–H and O–H groups in total. The Morgan fingerprint density at radius 1 is 1.16 bits per heavy atom. The predicted molar refractivity (Wildman–Crippen MR) is 131 cm³/mol. The van der Waals surface area contributed by atoms with Crippen LogP contribution in [0.25, 0.3) is 0 Å². The second-order valence-corrected chi connectivity index (χ2v) is 8.18. The van der Waals surface area contributed by atoms with Crippen molar-refractivity contribution in [1.82, 2.24) is 19.8 Å². The second kappa shape index (κ2) is 12.4. The summed E-state index contributed by atoms with van der Waals surface area (Å²) < 4.78 is 6.19. The second-order valence-electron chi connectivity index (χ2n) is 8.18. The fourth-order valence-electron chi connectivity index (χ4n) is 3.63. The average Bonchev–Trinajstić information content (AvgIpc) is 2.76. The molecule has 3 rings (SSSR count). The molecule has 0 saturated carbocycles. The van der Waals surface area contributed by atoms with Gasteiger partial charge in [0, 0.05) is 25.7 Å². The third-order valence-electron chi connectivity index (χ3n) is 5.23. The summed E-state index contributed by atoms with van der Waals surface area (Å²) in [6.45, 7) is 15.9. The van der Waals surface area contributed by atoms with Gasteiger partial charge in [0.1, 0.15) is 12.4 Å². The van der Waals surface area contributed by atoms with Gasteiger partial charge in [-0.15, -0.1) is 0 Å². The maximum Gasteiger partial charge on any atom is 0.324 e. The predicted octanol–water partition coefficient (Wildman–Crippen LogP) is 4.17. The van der Waals surface area contributed by atoms with Gasteiger partial charge < -0.3 is 15.0 Å². The van der Waals surface area contributed by atoms with Crippen LogP contribution in [0.3, 0.4) is 0 Å². The number of likely N-dealkylation sites (N-methyl/N-ethyl adjacent to an activating group) is 1. The smallest absolute Gasteiger partial charge is 0.324 e. The fourth-order valence-corrected chi connectivity index (χ4v) is 3.63. The van der Waals surface area contributed by atoms with Crippen molar-refractivity contribution in [3.05, 3.63) is 41.9 Å². The van der Waals surface area contributed by atoms with E-state index in [-0.39, 0.29) is 6.03 Å². The van der Waals surface area contributed by atoms with Gasteiger partial charge in [0.2, 0.25) is 0 Å². The van der Waals surface area contributed by atoms with Gasteiger partial charge in [0.25, 0.3) is 0 Å². The number of urea groups is 1. The van der Waals surface area contributed by atoms with E-state index in [0.29, 0.717) is 35.9 Å². The van der Waals surface area contributed by atoms with Crippen molar-refractivity contribution in [3.63, 3.8) is 0 Å². The van der Waals surface area contributed by atoms with Crippen LogP contribution in [0.2, 0.25) is 0 Å². The number of carbonyl (C=O) groups excluding carboxylic acids is 1. The summed E-state index contributed by atoms with van der Waals surface area (Å²) in [5, 5.41) is 5.58. The van der Waals surface area contributed by atoms with Gasteiger partial charge in [-0.25, -0.2) is 9.78 Å². The first-order valence-electron chi connectivity index (χ1n) is 11.4. The van der Waals surface area contributed by atoms with Crippen molar-refractivity contribution < 1.29 is 9.53 Å². The largest absolute Gasteiger partial charge is 0.490 e. The Balaban J connectivity index is 0.00000176. The summed E-state index contributed by atoms with van der Waals surface area (Å²) in [7, 11) is 2.14. The maximum atomic E-state index is 12.5. The molecular formula is C24H38N6O2. The molecule has 8 nitrogen and oxygen atoms in total. The van der Waals surface area contributed by atoms with E-state index in [0.717, 1.165) is 30.9 Å². The first-order valence-corrected chi connectivity index (χ1v) is 11.4. The standard InChI is InChI=1S/C22H32N6O2.C2H6/c1-15(2)28-9-8-27(5)13-18(28)14-30-20-7-6-16(3)10-19(20)25-22(29)26-21-12-23-17(4)11-24-21;1-2/h6-7,10-12,15,18H,8-9,13-14H2,1-5H3,(H2,24,25,26,29);1-2H3. The van der Waals surface area contributed by atoms with E-state index in [1.807, 2.05) is 45.9 Å². The van der Waals surface area contributed by atoms with Crippen LogP contribution in [-0.2, 0) is 0 Å². The van der Waals surface area contributed by atoms with Crippen LogP contribution >= 0.6 is 0 Å². The Kier molecular flexibility index (Phi) is 9.87. The minimum Gasteiger partial charge on any atom is -0.490 e. The Bertz CT molecular complexity index is 856. The zero-order chi connectivity index (χ0) is 23.7. The Morgan fingerprint density at radius 2 is 1.91 bits per heavy atom. The summed E-state index contributed by atoms with van der Waals surface area (Å²) in [5.41, 5.74) is 2.46. The van der Waals surface area contributed by atoms with Gasteiger partial charge in [0.15, 0.2) is 5.82 Å². The molecule has 1 aliphatic heterocycles. The number of aryl methyl sites for hydroxylation is 2. The Labute approximate surface area is 192 Å². The Hall–Kier alpha value is -2.71. The zero-order valence-corrected chi connectivity index (χ0v) is 20.5. The van der Waals surface area contributed by atoms with Gasteiger partial charge in [-0.2, -0.15) is 0 Å². The number of hydrogen-bond acceptors (Lipinski definition) is 6. The third-order valence-corrected chi connectivity index (χ3v) is 5.23. The van der Waals surface area contributed by atoms with Crippen LogP contribution in [0.5, 0.6) is 5.75 Å². The van der Waals surface area contributed by atoms with Crippen LogP contribution in [0, 0.1) is 13.8 Å². The van der Waals surface area contributed by atoms with Gasteiger partial charge in [-0.3, -0.25) is 15.2 Å². The Morgan fingerprint density at radius 3 is 2.56 bits per heavy atom. The maximum absolute atomic E-state index is 12.5. The summed E-state index contributed by atoms with van der Waals surface area (Å²) in [5.74, 6) is 1.05. The van der Waals surface area contributed by atoms with Gasteiger partial charge >= 0.3 is 6.03 Å². The van der Waals surface area contributed by atoms with Crippen LogP contribution in [0.4, 0.5) is 16.3 Å². The topological polar surface area (TPSA) is 82.6 Å². The molecule has 2 aromatic rings. The van der Waals surface area contributed by atoms with E-state index in [1.165, 1.54) is 6.20 Å². The highest BCUT2D eigenvalue weighted by Gasteiger charge is 2.27. The molecule has 0 spiro atoms. The molecule has 1 aliphatic rings. The molecule has 2 amide bonds. The molecule has 32 heavy (non-hydrogen) atoms. The molecule has 8 heteroatoms. The molecule has 176 valence electrons. The molecule has 2 heterocycles. The summed E-state index contributed by atoms with van der Waals surface area (Å²) in [6.07, 6.45) is 3.14. The molecule has 0 bridgehead atoms. The van der Waals surface area contributed by atoms with Gasteiger partial charge in [0.05, 0.1) is 29.8 Å². The molecule has 1 unspecified atom stereocenters. The number of nitrogens with zero attached hydrogens (tertiary/aromatic N) is 4. The normalized spacial score (nSPS) is 16.8. The van der Waals surface area contributed by atoms with Crippen molar-refractivity contribution in [2.75, 3.05) is 43.9 Å². The van der Waals surface area contributed by atoms with E-state index >= 15 is 0 Å². The number of rotatable bonds is 6. The number of anilines is 2. The minimum absolute atomic E-state index is 0.301. The lowest BCUT2D eigenvalue weighted by Crippen LogP contribution is -2.56. The molecule has 1 saturated heterocycles. The highest BCUT2D eigenvalue weighted by Crippen LogP contribution is 2.27. The lowest BCUT2D eigenvalue weighted by molar-refractivity contribution is 0.0370. The first kappa shape index (κ1) is 25.5. The van der Waals surface area contributed by atoms with Crippen molar-refractivity contribution in [2.45, 2.75) is 53.6 Å². The number of hydrogen-bond donors (Lipinski definition) is 2. The van der Waals surface area contributed by atoms with Crippen molar-refractivity contribution in [2.24, 2.45) is 0 Å². The lowest BCUT2D eigenvalue weighted by atomic mass is 10.1. The molecule has 1 aromatic carbocycles. The van der Waals surface area contributed by atoms with E-state index in [9.17, 15) is 4.79 Å². The van der Waals surface area contributed by atoms with Gasteiger partial charge in [-0.1, -0.05) is 19.9 Å². The zero-order valence-electron chi connectivity index (χ0n) is 20.5. The molecule has 0 aliphatic carbocycles. The molecule has 1 aromatic heterocycles. The molecular weight excluding hydrogens is 404 g/mol. The van der Waals surface area contributed by atoms with Crippen LogP contribution in [0.1, 0.15) is 39.0 Å². The van der Waals surface area contributed by atoms with Crippen LogP contribution < -0.4 is 15.4 Å². The SMILES string of the molecule is CC.Cc1ccc(OCC2CN(C)CCN2C(C)C)c(NC(=O)Nc2cnc(C)cn2)c1. The molecule has 0 radical (unpaired) electrons. The fraction of sp³-hybridized carbons (Fsp3) is 0.542. The minimum atomic E-state index is -0.384. The summed E-state index contributed by atoms with van der Waals surface area (Å²) in [4.78, 5) is 25.6. The average molecular weight is 443 g/mol. The first-order chi connectivity index (χ1) is 15.3. The summed E-state index contributed by atoms with van der Waals surface area (Å²) in [6, 6.07) is 6.17. The van der Waals surface area contributed by atoms with E-state index in [4.69, 9.17) is 4.74 Å². The number of ether oxygens (including phenoxy) is 1. The lowest BCUT2D eigenvalue weighted by Gasteiger charge is -2.42. The number of amides is 2. The number of benzene rings is 1. The molecule has 1 fully saturated rings. The van der Waals surface area contributed by atoms with E-state index in [1.54, 1.807) is 6.20 Å². The van der Waals surface area contributed by atoms with Crippen LogP contribution in [-0.4, -0.2) is 71.2 Å². The van der Waals surface area contributed by atoms with Crippen molar-refractivity contribution in [1.29, 1.82) is 0 Å². The van der Waals surface area contributed by atoms with E-state index < -0.39 is 0 Å². The highest BCUT2D eigenvalue weighted by molar-refractivity contribution is 6.00. The quantitative estimate of drug-likeness (QED) is 0.699. The summed E-state index contributed by atoms with van der Waals surface area (Å²) >= 11 is 0. The van der Waals surface area contributed by atoms with Crippen molar-refractivity contribution in [3.8, 4) is 5.75 Å². The van der Waals surface area contributed by atoms with E-state index in [2.05, 4.69) is 51.3 Å². The molecule has 1 atom stereocenters. The van der Waals surface area contributed by atoms with Crippen LogP contribution in [0.15, 0.2) is 30.6 Å². The number of carbonyl (C=O) groups is 1. The number of aromatic nitrogens is 2. The third kappa shape index (κ3) is 7.46. The van der Waals surface area contributed by atoms with Gasteiger partial charge in [-0.05, 0) is 52.4 Å². The highest BCUT2D eigenvalue weighted by atomic mass is 16.5. The van der Waals surface area contributed by atoms with Crippen molar-refractivity contribution >= 4 is 17.5 Å².